The SMILES string of the molecule is COC1(CCC(C)COC2OC(CO)C(O)C(O)C2O)OC2CC3C4CCC5CC(OC6OC(COC7OC(C)C(O)C(O)C7O)C(OC7OCC(O)C(O)C7O)C(O)C6OC6OC(CO)C(O)C(O)C6O)CCC5(C)C4CCC3(C)C2C1C. The molecule has 36 unspecified atom stereocenters. The number of rotatable bonds is 18. The molecule has 0 spiro atoms. The van der Waals surface area contributed by atoms with Crippen LogP contribution in [0.15, 0.2) is 0 Å². The summed E-state index contributed by atoms with van der Waals surface area (Å²) in [5.74, 6) is 0.966. The van der Waals surface area contributed by atoms with Gasteiger partial charge in [0.15, 0.2) is 37.2 Å². The highest BCUT2D eigenvalue weighted by Gasteiger charge is 2.69. The predicted molar refractivity (Wildman–Crippen MR) is 282 cm³/mol. The van der Waals surface area contributed by atoms with Crippen LogP contribution in [-0.2, 0) is 56.8 Å². The van der Waals surface area contributed by atoms with Gasteiger partial charge in [-0.3, -0.25) is 0 Å². The fraction of sp³-hybridized carbons (Fsp3) is 1.00. The first-order valence-electron chi connectivity index (χ1n) is 30.5. The molecule has 36 atom stereocenters. The number of hydrogen-bond acceptors (Lipinski definition) is 27. The van der Waals surface area contributed by atoms with Crippen LogP contribution in [0.1, 0.15) is 98.8 Å². The molecule has 0 radical (unpaired) electrons. The summed E-state index contributed by atoms with van der Waals surface area (Å²) < 4.78 is 73.8. The van der Waals surface area contributed by atoms with Crippen LogP contribution in [0.4, 0.5) is 0 Å². The lowest BCUT2D eigenvalue weighted by atomic mass is 9.44. The van der Waals surface area contributed by atoms with Crippen LogP contribution < -0.4 is 0 Å². The number of ether oxygens (including phenoxy) is 12. The molecule has 10 fully saturated rings. The van der Waals surface area contributed by atoms with Crippen molar-refractivity contribution in [1.82, 2.24) is 0 Å². The second-order valence-electron chi connectivity index (χ2n) is 26.8. The minimum atomic E-state index is -1.91. The maximum atomic E-state index is 12.5. The number of methoxy groups -OCH3 is 1. The fourth-order valence-corrected chi connectivity index (χ4v) is 17.0. The van der Waals surface area contributed by atoms with Crippen LogP contribution in [0.3, 0.4) is 0 Å². The molecule has 6 aliphatic heterocycles. The van der Waals surface area contributed by atoms with Gasteiger partial charge >= 0.3 is 0 Å². The van der Waals surface area contributed by atoms with Gasteiger partial charge in [0, 0.05) is 19.4 Å². The summed E-state index contributed by atoms with van der Waals surface area (Å²) in [7, 11) is 1.71. The van der Waals surface area contributed by atoms with E-state index in [1.165, 1.54) is 6.92 Å². The minimum Gasteiger partial charge on any atom is -0.394 e. The number of fused-ring (bicyclic) bond motifs is 7. The zero-order valence-corrected chi connectivity index (χ0v) is 48.8. The Labute approximate surface area is 488 Å². The molecule has 10 rings (SSSR count). The molecule has 486 valence electrons. The van der Waals surface area contributed by atoms with Gasteiger partial charge in [-0.1, -0.05) is 27.7 Å². The van der Waals surface area contributed by atoms with E-state index in [2.05, 4.69) is 20.8 Å². The van der Waals surface area contributed by atoms with Gasteiger partial charge in [-0.25, -0.2) is 0 Å². The lowest BCUT2D eigenvalue weighted by Crippen LogP contribution is -2.67. The van der Waals surface area contributed by atoms with Crippen molar-refractivity contribution in [3.05, 3.63) is 0 Å². The topological polar surface area (TPSA) is 414 Å². The van der Waals surface area contributed by atoms with Gasteiger partial charge < -0.3 is 133 Å². The Morgan fingerprint density at radius 3 is 1.81 bits per heavy atom. The first-order chi connectivity index (χ1) is 39.8. The normalized spacial score (nSPS) is 55.4. The lowest BCUT2D eigenvalue weighted by Gasteiger charge is -2.61. The van der Waals surface area contributed by atoms with Crippen LogP contribution in [-0.4, -0.2) is 282 Å². The second-order valence-corrected chi connectivity index (χ2v) is 26.8. The third-order valence-corrected chi connectivity index (χ3v) is 22.1. The highest BCUT2D eigenvalue weighted by Crippen LogP contribution is 2.71. The van der Waals surface area contributed by atoms with Crippen LogP contribution in [0.2, 0.25) is 0 Å². The van der Waals surface area contributed by atoms with Crippen LogP contribution >= 0.6 is 0 Å². The van der Waals surface area contributed by atoms with E-state index in [9.17, 15) is 76.6 Å². The highest BCUT2D eigenvalue weighted by atomic mass is 16.8. The average molecular weight is 1210 g/mol. The smallest absolute Gasteiger partial charge is 0.187 e. The molecule has 27 heteroatoms. The Bertz CT molecular complexity index is 2140. The van der Waals surface area contributed by atoms with Gasteiger partial charge in [-0.15, -0.1) is 0 Å². The number of hydrogen-bond donors (Lipinski definition) is 15. The zero-order valence-electron chi connectivity index (χ0n) is 48.8. The molecule has 0 aromatic rings. The third kappa shape index (κ3) is 12.1. The van der Waals surface area contributed by atoms with Gasteiger partial charge in [-0.2, -0.15) is 0 Å². The number of aliphatic hydroxyl groups is 15. The Balaban J connectivity index is 0.823. The van der Waals surface area contributed by atoms with E-state index >= 15 is 0 Å². The van der Waals surface area contributed by atoms with Crippen LogP contribution in [0.25, 0.3) is 0 Å². The van der Waals surface area contributed by atoms with Gasteiger partial charge in [0.2, 0.25) is 0 Å². The number of aliphatic hydroxyl groups excluding tert-OH is 15. The Morgan fingerprint density at radius 2 is 1.14 bits per heavy atom. The molecule has 27 nitrogen and oxygen atoms in total. The molecule has 10 aliphatic rings. The molecular formula is C57H96O27. The monoisotopic (exact) mass is 1210 g/mol. The molecule has 0 amide bonds. The summed E-state index contributed by atoms with van der Waals surface area (Å²) in [6, 6.07) is 0. The van der Waals surface area contributed by atoms with E-state index in [0.717, 1.165) is 38.5 Å². The molecule has 4 saturated carbocycles. The van der Waals surface area contributed by atoms with Crippen molar-refractivity contribution in [2.45, 2.75) is 264 Å². The van der Waals surface area contributed by atoms with E-state index in [-0.39, 0.29) is 47.2 Å². The average Bonchev–Trinajstić information content (AvgIpc) is 1.52. The van der Waals surface area contributed by atoms with Crippen molar-refractivity contribution in [2.75, 3.05) is 40.1 Å². The van der Waals surface area contributed by atoms with E-state index in [4.69, 9.17) is 56.8 Å². The second kappa shape index (κ2) is 26.3. The summed E-state index contributed by atoms with van der Waals surface area (Å²) >= 11 is 0. The van der Waals surface area contributed by atoms with E-state index in [1.54, 1.807) is 7.11 Å². The summed E-state index contributed by atoms with van der Waals surface area (Å²) in [6.45, 7) is 8.42. The maximum absolute atomic E-state index is 12.5. The molecule has 15 N–H and O–H groups in total. The molecular weight excluding hydrogens is 1120 g/mol. The molecule has 6 heterocycles. The lowest BCUT2D eigenvalue weighted by molar-refractivity contribution is -0.392. The molecule has 0 aromatic heterocycles. The van der Waals surface area contributed by atoms with Gasteiger partial charge in [0.05, 0.1) is 51.3 Å². The van der Waals surface area contributed by atoms with Crippen LogP contribution in [0.5, 0.6) is 0 Å². The summed E-state index contributed by atoms with van der Waals surface area (Å²) in [5, 5.41) is 159. The standard InChI is InChI=1S/C57H96O27/c1-22(19-74-51-45(70)41(66)38(63)32(17-58)79-51)9-14-57(73-6)23(2)35-31(84-57)16-29-27-8-7-25-15-26(10-12-55(25,4)28(27)11-13-56(29,35)5)78-54-49(83-53-46(71)42(67)39(64)33(18-59)80-53)47(72)48(82-52-43(68)37(62)30(60)20-75-52)34(81-54)21-76-50-44(69)40(65)36(61)24(3)77-50/h22-54,58-72H,7-21H2,1-6H3. The summed E-state index contributed by atoms with van der Waals surface area (Å²) in [4.78, 5) is 0. The van der Waals surface area contributed by atoms with Crippen molar-refractivity contribution in [3.8, 4) is 0 Å². The molecule has 0 aromatic carbocycles. The Kier molecular flexibility index (Phi) is 20.6. The van der Waals surface area contributed by atoms with Crippen molar-refractivity contribution < 1.29 is 133 Å². The van der Waals surface area contributed by atoms with Crippen molar-refractivity contribution in [3.63, 3.8) is 0 Å². The first-order valence-corrected chi connectivity index (χ1v) is 30.5. The van der Waals surface area contributed by atoms with Crippen LogP contribution in [0, 0.1) is 52.3 Å². The van der Waals surface area contributed by atoms with E-state index in [0.29, 0.717) is 43.4 Å². The van der Waals surface area contributed by atoms with Gasteiger partial charge in [-0.05, 0) is 111 Å². The molecule has 0 bridgehead atoms. The van der Waals surface area contributed by atoms with E-state index < -0.39 is 186 Å². The minimum absolute atomic E-state index is 0.00434. The Hall–Kier alpha value is -1.08. The third-order valence-electron chi connectivity index (χ3n) is 22.1. The highest BCUT2D eigenvalue weighted by molar-refractivity contribution is 5.15. The predicted octanol–water partition coefficient (Wildman–Crippen LogP) is -3.81. The van der Waals surface area contributed by atoms with Crippen molar-refractivity contribution in [2.24, 2.45) is 52.3 Å². The van der Waals surface area contributed by atoms with Crippen molar-refractivity contribution in [1.29, 1.82) is 0 Å². The molecule has 6 saturated heterocycles. The largest absolute Gasteiger partial charge is 0.394 e. The van der Waals surface area contributed by atoms with Gasteiger partial charge in [0.1, 0.15) is 110 Å². The van der Waals surface area contributed by atoms with Gasteiger partial charge in [0.25, 0.3) is 0 Å². The molecule has 4 aliphatic carbocycles. The quantitative estimate of drug-likeness (QED) is 0.0585. The summed E-state index contributed by atoms with van der Waals surface area (Å²) in [5.41, 5.74) is -0.0749. The Morgan fingerprint density at radius 1 is 0.548 bits per heavy atom. The van der Waals surface area contributed by atoms with Crippen molar-refractivity contribution >= 4 is 0 Å². The first kappa shape index (κ1) is 65.9. The summed E-state index contributed by atoms with van der Waals surface area (Å²) in [6.07, 6.45) is -30.0. The zero-order chi connectivity index (χ0) is 60.6. The molecule has 84 heavy (non-hydrogen) atoms. The maximum Gasteiger partial charge on any atom is 0.187 e. The van der Waals surface area contributed by atoms with E-state index in [1.807, 2.05) is 6.92 Å². The fourth-order valence-electron chi connectivity index (χ4n) is 17.0.